The molecule has 1 rings (SSSR count). The standard InChI is InChI=1S/C15H20O4/c1-12(2)19-15(17)10-6-9-14(16)18-11-13-7-4-3-5-8-13/h3-5,7-8,12H,6,9-11H2,1-2H3. The van der Waals surface area contributed by atoms with Crippen molar-refractivity contribution in [2.24, 2.45) is 0 Å². The van der Waals surface area contributed by atoms with Crippen LogP contribution in [-0.2, 0) is 25.7 Å². The highest BCUT2D eigenvalue weighted by atomic mass is 16.5. The molecule has 0 fully saturated rings. The smallest absolute Gasteiger partial charge is 0.306 e. The first kappa shape index (κ1) is 15.2. The van der Waals surface area contributed by atoms with Crippen molar-refractivity contribution in [3.8, 4) is 0 Å². The Morgan fingerprint density at radius 2 is 1.68 bits per heavy atom. The number of benzene rings is 1. The van der Waals surface area contributed by atoms with Gasteiger partial charge in [-0.2, -0.15) is 0 Å². The van der Waals surface area contributed by atoms with Crippen LogP contribution >= 0.6 is 0 Å². The van der Waals surface area contributed by atoms with Crippen LogP contribution in [0.4, 0.5) is 0 Å². The van der Waals surface area contributed by atoms with E-state index in [0.717, 1.165) is 5.56 Å². The molecule has 0 saturated carbocycles. The van der Waals surface area contributed by atoms with Crippen LogP contribution < -0.4 is 0 Å². The molecule has 0 atom stereocenters. The number of hydrogen-bond donors (Lipinski definition) is 0. The lowest BCUT2D eigenvalue weighted by molar-refractivity contribution is -0.148. The minimum atomic E-state index is -0.291. The fraction of sp³-hybridized carbons (Fsp3) is 0.467. The maximum atomic E-state index is 11.4. The lowest BCUT2D eigenvalue weighted by Crippen LogP contribution is -2.12. The first-order valence-electron chi connectivity index (χ1n) is 6.47. The molecule has 0 aliphatic rings. The predicted octanol–water partition coefficient (Wildman–Crippen LogP) is 2.85. The van der Waals surface area contributed by atoms with Crippen LogP contribution in [0.1, 0.15) is 38.7 Å². The van der Waals surface area contributed by atoms with Crippen LogP contribution in [0.15, 0.2) is 30.3 Å². The van der Waals surface area contributed by atoms with Gasteiger partial charge in [-0.05, 0) is 25.8 Å². The number of hydrogen-bond acceptors (Lipinski definition) is 4. The van der Waals surface area contributed by atoms with Crippen molar-refractivity contribution >= 4 is 11.9 Å². The van der Waals surface area contributed by atoms with Gasteiger partial charge in [0.25, 0.3) is 0 Å². The summed E-state index contributed by atoms with van der Waals surface area (Å²) < 4.78 is 10.1. The maximum absolute atomic E-state index is 11.4. The van der Waals surface area contributed by atoms with E-state index in [9.17, 15) is 9.59 Å². The summed E-state index contributed by atoms with van der Waals surface area (Å²) in [4.78, 5) is 22.7. The fourth-order valence-electron chi connectivity index (χ4n) is 1.51. The van der Waals surface area contributed by atoms with E-state index in [1.54, 1.807) is 13.8 Å². The van der Waals surface area contributed by atoms with Gasteiger partial charge >= 0.3 is 11.9 Å². The zero-order valence-electron chi connectivity index (χ0n) is 11.4. The molecular weight excluding hydrogens is 244 g/mol. The molecule has 0 N–H and O–H groups in total. The molecular formula is C15H20O4. The number of ether oxygens (including phenoxy) is 2. The molecule has 0 unspecified atom stereocenters. The third kappa shape index (κ3) is 7.24. The van der Waals surface area contributed by atoms with E-state index in [4.69, 9.17) is 9.47 Å². The van der Waals surface area contributed by atoms with Gasteiger partial charge in [-0.25, -0.2) is 0 Å². The molecule has 1 aromatic carbocycles. The fourth-order valence-corrected chi connectivity index (χ4v) is 1.51. The summed E-state index contributed by atoms with van der Waals surface area (Å²) >= 11 is 0. The third-order valence-electron chi connectivity index (χ3n) is 2.37. The Balaban J connectivity index is 2.13. The highest BCUT2D eigenvalue weighted by Crippen LogP contribution is 2.05. The Morgan fingerprint density at radius 3 is 2.32 bits per heavy atom. The van der Waals surface area contributed by atoms with Crippen molar-refractivity contribution in [2.75, 3.05) is 0 Å². The maximum Gasteiger partial charge on any atom is 0.306 e. The minimum absolute atomic E-state index is 0.113. The summed E-state index contributed by atoms with van der Waals surface area (Å²) in [5, 5.41) is 0. The second kappa shape index (κ2) is 8.29. The molecule has 0 aliphatic carbocycles. The van der Waals surface area contributed by atoms with E-state index in [1.807, 2.05) is 30.3 Å². The van der Waals surface area contributed by atoms with Crippen molar-refractivity contribution in [1.29, 1.82) is 0 Å². The van der Waals surface area contributed by atoms with Gasteiger partial charge in [0.05, 0.1) is 6.10 Å². The van der Waals surface area contributed by atoms with Crippen molar-refractivity contribution in [1.82, 2.24) is 0 Å². The molecule has 19 heavy (non-hydrogen) atoms. The van der Waals surface area contributed by atoms with Gasteiger partial charge in [0.2, 0.25) is 0 Å². The second-order valence-electron chi connectivity index (χ2n) is 4.54. The Kier molecular flexibility index (Phi) is 6.64. The number of esters is 2. The van der Waals surface area contributed by atoms with E-state index in [2.05, 4.69) is 0 Å². The Hall–Kier alpha value is -1.84. The van der Waals surface area contributed by atoms with Crippen LogP contribution in [0.5, 0.6) is 0 Å². The Morgan fingerprint density at radius 1 is 1.05 bits per heavy atom. The van der Waals surface area contributed by atoms with Crippen LogP contribution in [-0.4, -0.2) is 18.0 Å². The van der Waals surface area contributed by atoms with Gasteiger partial charge in [-0.3, -0.25) is 9.59 Å². The average molecular weight is 264 g/mol. The van der Waals surface area contributed by atoms with E-state index < -0.39 is 0 Å². The largest absolute Gasteiger partial charge is 0.463 e. The summed E-state index contributed by atoms with van der Waals surface area (Å²) in [6, 6.07) is 9.49. The van der Waals surface area contributed by atoms with Crippen LogP contribution in [0.25, 0.3) is 0 Å². The normalized spacial score (nSPS) is 10.3. The highest BCUT2D eigenvalue weighted by molar-refractivity contribution is 5.72. The summed E-state index contributed by atoms with van der Waals surface area (Å²) in [5.41, 5.74) is 0.954. The molecule has 0 aromatic heterocycles. The molecule has 0 saturated heterocycles. The zero-order valence-corrected chi connectivity index (χ0v) is 11.4. The second-order valence-corrected chi connectivity index (χ2v) is 4.54. The van der Waals surface area contributed by atoms with Crippen LogP contribution in [0.3, 0.4) is 0 Å². The lowest BCUT2D eigenvalue weighted by atomic mass is 10.2. The number of carbonyl (C=O) groups excluding carboxylic acids is 2. The molecule has 4 heteroatoms. The molecule has 0 bridgehead atoms. The molecule has 1 aromatic rings. The summed E-state index contributed by atoms with van der Waals surface area (Å²) in [6.07, 6.45) is 0.829. The molecule has 0 radical (unpaired) electrons. The minimum Gasteiger partial charge on any atom is -0.463 e. The topological polar surface area (TPSA) is 52.6 Å². The lowest BCUT2D eigenvalue weighted by Gasteiger charge is -2.07. The summed E-state index contributed by atoms with van der Waals surface area (Å²) in [6.45, 7) is 3.87. The van der Waals surface area contributed by atoms with Gasteiger partial charge in [-0.1, -0.05) is 30.3 Å². The SMILES string of the molecule is CC(C)OC(=O)CCCC(=O)OCc1ccccc1. The van der Waals surface area contributed by atoms with Crippen molar-refractivity contribution in [3.63, 3.8) is 0 Å². The highest BCUT2D eigenvalue weighted by Gasteiger charge is 2.08. The quantitative estimate of drug-likeness (QED) is 0.711. The van der Waals surface area contributed by atoms with Gasteiger partial charge in [0.15, 0.2) is 0 Å². The van der Waals surface area contributed by atoms with Crippen LogP contribution in [0.2, 0.25) is 0 Å². The summed E-state index contributed by atoms with van der Waals surface area (Å²) in [7, 11) is 0. The third-order valence-corrected chi connectivity index (χ3v) is 2.37. The van der Waals surface area contributed by atoms with Crippen molar-refractivity contribution in [3.05, 3.63) is 35.9 Å². The van der Waals surface area contributed by atoms with Gasteiger partial charge in [0, 0.05) is 12.8 Å². The van der Waals surface area contributed by atoms with E-state index in [0.29, 0.717) is 6.42 Å². The molecule has 4 nitrogen and oxygen atoms in total. The molecule has 0 spiro atoms. The Labute approximate surface area is 113 Å². The van der Waals surface area contributed by atoms with E-state index >= 15 is 0 Å². The van der Waals surface area contributed by atoms with Gasteiger partial charge in [-0.15, -0.1) is 0 Å². The summed E-state index contributed by atoms with van der Waals surface area (Å²) in [5.74, 6) is -0.563. The van der Waals surface area contributed by atoms with Crippen molar-refractivity contribution < 1.29 is 19.1 Å². The molecule has 104 valence electrons. The Bertz CT molecular complexity index is 398. The first-order chi connectivity index (χ1) is 9.08. The molecule has 0 aliphatic heterocycles. The van der Waals surface area contributed by atoms with Crippen LogP contribution in [0, 0.1) is 0 Å². The van der Waals surface area contributed by atoms with Gasteiger partial charge in [0.1, 0.15) is 6.61 Å². The molecule has 0 heterocycles. The van der Waals surface area contributed by atoms with E-state index in [-0.39, 0.29) is 37.5 Å². The monoisotopic (exact) mass is 264 g/mol. The number of carbonyl (C=O) groups is 2. The van der Waals surface area contributed by atoms with Gasteiger partial charge < -0.3 is 9.47 Å². The first-order valence-corrected chi connectivity index (χ1v) is 6.47. The number of rotatable bonds is 7. The zero-order chi connectivity index (χ0) is 14.1. The van der Waals surface area contributed by atoms with Crippen molar-refractivity contribution in [2.45, 2.75) is 45.8 Å². The average Bonchev–Trinajstić information content (AvgIpc) is 2.36. The van der Waals surface area contributed by atoms with E-state index in [1.165, 1.54) is 0 Å². The predicted molar refractivity (Wildman–Crippen MR) is 71.3 cm³/mol. The molecule has 0 amide bonds.